The topological polar surface area (TPSA) is 12.0 Å². The van der Waals surface area contributed by atoms with E-state index >= 15 is 0 Å². The molecule has 2 aromatic carbocycles. The summed E-state index contributed by atoms with van der Waals surface area (Å²) in [5.74, 6) is 0.649. The molecule has 0 saturated heterocycles. The largest absolute Gasteiger partial charge is 0.313 e. The molecule has 0 radical (unpaired) electrons. The lowest BCUT2D eigenvalue weighted by Gasteiger charge is -2.18. The summed E-state index contributed by atoms with van der Waals surface area (Å²) in [7, 11) is 2.05. The molecular formula is C20H27N. The van der Waals surface area contributed by atoms with Gasteiger partial charge in [-0.25, -0.2) is 0 Å². The van der Waals surface area contributed by atoms with Gasteiger partial charge in [0.15, 0.2) is 0 Å². The maximum Gasteiger partial charge on any atom is 0.0320 e. The summed E-state index contributed by atoms with van der Waals surface area (Å²) >= 11 is 0. The summed E-state index contributed by atoms with van der Waals surface area (Å²) in [6, 6.07) is 20.3. The van der Waals surface area contributed by atoms with Gasteiger partial charge < -0.3 is 5.32 Å². The first kappa shape index (κ1) is 15.8. The number of nitrogens with one attached hydrogen (secondary N) is 1. The lowest BCUT2D eigenvalue weighted by atomic mass is 9.94. The van der Waals surface area contributed by atoms with Crippen LogP contribution in [0.25, 0.3) is 0 Å². The van der Waals surface area contributed by atoms with Crippen LogP contribution in [0.1, 0.15) is 55.3 Å². The van der Waals surface area contributed by atoms with Crippen molar-refractivity contribution in [3.63, 3.8) is 0 Å². The number of rotatable bonds is 7. The van der Waals surface area contributed by atoms with Crippen LogP contribution in [0.15, 0.2) is 54.6 Å². The van der Waals surface area contributed by atoms with Crippen molar-refractivity contribution in [2.24, 2.45) is 0 Å². The third-order valence-electron chi connectivity index (χ3n) is 4.43. The Morgan fingerprint density at radius 1 is 0.905 bits per heavy atom. The zero-order chi connectivity index (χ0) is 15.1. The molecule has 0 heterocycles. The van der Waals surface area contributed by atoms with E-state index in [9.17, 15) is 0 Å². The van der Waals surface area contributed by atoms with Crippen molar-refractivity contribution in [1.29, 1.82) is 0 Å². The van der Waals surface area contributed by atoms with Crippen LogP contribution in [0.4, 0.5) is 0 Å². The van der Waals surface area contributed by atoms with Crippen molar-refractivity contribution in [3.8, 4) is 0 Å². The van der Waals surface area contributed by atoms with Crippen LogP contribution in [0.2, 0.25) is 0 Å². The van der Waals surface area contributed by atoms with Gasteiger partial charge in [0.25, 0.3) is 0 Å². The average molecular weight is 281 g/mol. The summed E-state index contributed by atoms with van der Waals surface area (Å²) in [5, 5.41) is 3.45. The smallest absolute Gasteiger partial charge is 0.0320 e. The highest BCUT2D eigenvalue weighted by Crippen LogP contribution is 2.23. The maximum absolute atomic E-state index is 3.45. The Morgan fingerprint density at radius 3 is 2.10 bits per heavy atom. The Kier molecular flexibility index (Phi) is 6.01. The highest BCUT2D eigenvalue weighted by atomic mass is 14.9. The second kappa shape index (κ2) is 7.99. The van der Waals surface area contributed by atoms with E-state index in [1.54, 1.807) is 0 Å². The second-order valence-electron chi connectivity index (χ2n) is 5.84. The van der Waals surface area contributed by atoms with E-state index in [0.29, 0.717) is 12.0 Å². The molecule has 2 aromatic rings. The van der Waals surface area contributed by atoms with E-state index in [0.717, 1.165) is 12.8 Å². The van der Waals surface area contributed by atoms with Crippen molar-refractivity contribution >= 4 is 0 Å². The van der Waals surface area contributed by atoms with Gasteiger partial charge in [0, 0.05) is 6.04 Å². The Morgan fingerprint density at radius 2 is 1.52 bits per heavy atom. The van der Waals surface area contributed by atoms with Gasteiger partial charge in [-0.15, -0.1) is 0 Å². The zero-order valence-corrected chi connectivity index (χ0v) is 13.5. The van der Waals surface area contributed by atoms with Gasteiger partial charge in [-0.1, -0.05) is 68.4 Å². The first-order valence-electron chi connectivity index (χ1n) is 8.05. The van der Waals surface area contributed by atoms with Crippen molar-refractivity contribution in [2.45, 2.75) is 45.1 Å². The number of hydrogen-bond acceptors (Lipinski definition) is 1. The fraction of sp³-hybridized carbons (Fsp3) is 0.400. The van der Waals surface area contributed by atoms with Crippen LogP contribution in [0.5, 0.6) is 0 Å². The third-order valence-corrected chi connectivity index (χ3v) is 4.43. The zero-order valence-electron chi connectivity index (χ0n) is 13.5. The molecule has 0 bridgehead atoms. The van der Waals surface area contributed by atoms with Crippen molar-refractivity contribution in [3.05, 3.63) is 71.3 Å². The van der Waals surface area contributed by atoms with Gasteiger partial charge >= 0.3 is 0 Å². The molecule has 0 aromatic heterocycles. The standard InChI is InChI=1S/C20H27N/c1-4-16(2)18-11-13-19(14-12-18)20(21-3)15-10-17-8-6-5-7-9-17/h5-9,11-14,16,20-21H,4,10,15H2,1-3H3. The fourth-order valence-corrected chi connectivity index (χ4v) is 2.73. The van der Waals surface area contributed by atoms with Crippen LogP contribution in [0, 0.1) is 0 Å². The Labute approximate surface area is 129 Å². The Hall–Kier alpha value is -1.60. The molecule has 2 unspecified atom stereocenters. The van der Waals surface area contributed by atoms with Gasteiger partial charge in [-0.2, -0.15) is 0 Å². The van der Waals surface area contributed by atoms with Crippen LogP contribution >= 0.6 is 0 Å². The molecule has 1 N–H and O–H groups in total. The summed E-state index contributed by atoms with van der Waals surface area (Å²) in [4.78, 5) is 0. The summed E-state index contributed by atoms with van der Waals surface area (Å²) in [6.45, 7) is 4.54. The molecule has 0 aliphatic rings. The summed E-state index contributed by atoms with van der Waals surface area (Å²) < 4.78 is 0. The monoisotopic (exact) mass is 281 g/mol. The predicted molar refractivity (Wildman–Crippen MR) is 91.7 cm³/mol. The van der Waals surface area contributed by atoms with Gasteiger partial charge in [0.1, 0.15) is 0 Å². The fourth-order valence-electron chi connectivity index (χ4n) is 2.73. The van der Waals surface area contributed by atoms with Crippen LogP contribution < -0.4 is 5.32 Å². The normalized spacial score (nSPS) is 13.9. The van der Waals surface area contributed by atoms with Crippen LogP contribution in [-0.4, -0.2) is 7.05 Å². The molecule has 0 amide bonds. The highest BCUT2D eigenvalue weighted by molar-refractivity contribution is 5.27. The number of benzene rings is 2. The van der Waals surface area contributed by atoms with Crippen molar-refractivity contribution in [1.82, 2.24) is 5.32 Å². The first-order valence-corrected chi connectivity index (χ1v) is 8.05. The van der Waals surface area contributed by atoms with E-state index in [1.807, 2.05) is 0 Å². The van der Waals surface area contributed by atoms with Crippen LogP contribution in [0.3, 0.4) is 0 Å². The van der Waals surface area contributed by atoms with E-state index in [2.05, 4.69) is 80.8 Å². The molecule has 0 aliphatic heterocycles. The lowest BCUT2D eigenvalue weighted by molar-refractivity contribution is 0.549. The predicted octanol–water partition coefficient (Wildman–Crippen LogP) is 5.09. The molecule has 0 fully saturated rings. The van der Waals surface area contributed by atoms with E-state index in [1.165, 1.54) is 23.1 Å². The minimum Gasteiger partial charge on any atom is -0.313 e. The molecule has 0 saturated carbocycles. The molecule has 2 atom stereocenters. The molecule has 2 rings (SSSR count). The Bertz CT molecular complexity index is 515. The Balaban J connectivity index is 2.00. The third kappa shape index (κ3) is 4.44. The highest BCUT2D eigenvalue weighted by Gasteiger charge is 2.10. The minimum atomic E-state index is 0.427. The van der Waals surface area contributed by atoms with E-state index in [4.69, 9.17) is 0 Å². The molecule has 1 nitrogen and oxygen atoms in total. The lowest BCUT2D eigenvalue weighted by Crippen LogP contribution is -2.17. The van der Waals surface area contributed by atoms with E-state index in [-0.39, 0.29) is 0 Å². The minimum absolute atomic E-state index is 0.427. The summed E-state index contributed by atoms with van der Waals surface area (Å²) in [6.07, 6.45) is 3.44. The quantitative estimate of drug-likeness (QED) is 0.745. The molecular weight excluding hydrogens is 254 g/mol. The van der Waals surface area contributed by atoms with Gasteiger partial charge in [0.05, 0.1) is 0 Å². The number of aryl methyl sites for hydroxylation is 1. The van der Waals surface area contributed by atoms with Gasteiger partial charge in [-0.3, -0.25) is 0 Å². The van der Waals surface area contributed by atoms with Gasteiger partial charge in [0.2, 0.25) is 0 Å². The average Bonchev–Trinajstić information content (AvgIpc) is 2.56. The van der Waals surface area contributed by atoms with Gasteiger partial charge in [-0.05, 0) is 48.9 Å². The molecule has 21 heavy (non-hydrogen) atoms. The molecule has 1 heteroatoms. The van der Waals surface area contributed by atoms with Crippen molar-refractivity contribution in [2.75, 3.05) is 7.05 Å². The molecule has 0 aliphatic carbocycles. The maximum atomic E-state index is 3.45. The SMILES string of the molecule is CCC(C)c1ccc(C(CCc2ccccc2)NC)cc1. The number of hydrogen-bond donors (Lipinski definition) is 1. The molecule has 112 valence electrons. The second-order valence-corrected chi connectivity index (χ2v) is 5.84. The molecule has 0 spiro atoms. The van der Waals surface area contributed by atoms with Crippen LogP contribution in [-0.2, 0) is 6.42 Å². The summed E-state index contributed by atoms with van der Waals surface area (Å²) in [5.41, 5.74) is 4.24. The van der Waals surface area contributed by atoms with Crippen molar-refractivity contribution < 1.29 is 0 Å². The van der Waals surface area contributed by atoms with E-state index < -0.39 is 0 Å². The first-order chi connectivity index (χ1) is 10.2.